The van der Waals surface area contributed by atoms with Crippen molar-refractivity contribution in [3.63, 3.8) is 0 Å². The van der Waals surface area contributed by atoms with E-state index in [1.165, 1.54) is 48.1 Å². The third-order valence-electron chi connectivity index (χ3n) is 3.66. The molecule has 1 aromatic rings. The molecule has 0 radical (unpaired) electrons. The Balaban J connectivity index is 1.91. The highest BCUT2D eigenvalue weighted by atomic mass is 32.2. The number of hydrogen-bond acceptors (Lipinski definition) is 2. The second kappa shape index (κ2) is 7.20. The summed E-state index contributed by atoms with van der Waals surface area (Å²) < 4.78 is 0. The molecule has 1 fully saturated rings. The molecule has 100 valence electrons. The van der Waals surface area contributed by atoms with Crippen LogP contribution in [0.1, 0.15) is 50.2 Å². The van der Waals surface area contributed by atoms with Crippen molar-refractivity contribution < 1.29 is 0 Å². The van der Waals surface area contributed by atoms with Gasteiger partial charge in [0.25, 0.3) is 0 Å². The van der Waals surface area contributed by atoms with E-state index >= 15 is 0 Å². The molecule has 0 aliphatic heterocycles. The molecule has 0 amide bonds. The Morgan fingerprint density at radius 3 is 2.72 bits per heavy atom. The van der Waals surface area contributed by atoms with Gasteiger partial charge in [0, 0.05) is 16.7 Å². The van der Waals surface area contributed by atoms with Crippen LogP contribution in [0.5, 0.6) is 0 Å². The largest absolute Gasteiger partial charge is 0.313 e. The molecule has 0 atom stereocenters. The minimum Gasteiger partial charge on any atom is -0.313 e. The van der Waals surface area contributed by atoms with Gasteiger partial charge in [0.05, 0.1) is 0 Å². The SMILES string of the molecule is CCCNCc1ccc(SC2CCCC2)cc1C. The van der Waals surface area contributed by atoms with E-state index in [-0.39, 0.29) is 0 Å². The summed E-state index contributed by atoms with van der Waals surface area (Å²) in [4.78, 5) is 1.46. The van der Waals surface area contributed by atoms with E-state index in [1.807, 2.05) is 0 Å². The molecule has 0 spiro atoms. The first-order chi connectivity index (χ1) is 8.79. The molecule has 0 aromatic heterocycles. The smallest absolute Gasteiger partial charge is 0.0208 e. The van der Waals surface area contributed by atoms with Crippen LogP contribution in [0.25, 0.3) is 0 Å². The maximum Gasteiger partial charge on any atom is 0.0208 e. The molecule has 18 heavy (non-hydrogen) atoms. The van der Waals surface area contributed by atoms with Crippen LogP contribution in [0, 0.1) is 6.92 Å². The molecular weight excluding hydrogens is 238 g/mol. The van der Waals surface area contributed by atoms with Gasteiger partial charge < -0.3 is 5.32 Å². The summed E-state index contributed by atoms with van der Waals surface area (Å²) in [7, 11) is 0. The fourth-order valence-electron chi connectivity index (χ4n) is 2.54. The third kappa shape index (κ3) is 4.03. The highest BCUT2D eigenvalue weighted by Crippen LogP contribution is 2.35. The lowest BCUT2D eigenvalue weighted by Crippen LogP contribution is -2.14. The van der Waals surface area contributed by atoms with E-state index in [0.29, 0.717) is 0 Å². The fourth-order valence-corrected chi connectivity index (χ4v) is 3.88. The molecular formula is C16H25NS. The normalized spacial score (nSPS) is 16.3. The zero-order chi connectivity index (χ0) is 12.8. The van der Waals surface area contributed by atoms with Crippen molar-refractivity contribution in [2.24, 2.45) is 0 Å². The van der Waals surface area contributed by atoms with Gasteiger partial charge in [-0.25, -0.2) is 0 Å². The Kier molecular flexibility index (Phi) is 5.58. The summed E-state index contributed by atoms with van der Waals surface area (Å²) in [6.45, 7) is 6.56. The second-order valence-electron chi connectivity index (χ2n) is 5.29. The van der Waals surface area contributed by atoms with Crippen LogP contribution >= 0.6 is 11.8 Å². The summed E-state index contributed by atoms with van der Waals surface area (Å²) in [5.74, 6) is 0. The van der Waals surface area contributed by atoms with Crippen LogP contribution in [0.2, 0.25) is 0 Å². The zero-order valence-corrected chi connectivity index (χ0v) is 12.5. The molecule has 0 bridgehead atoms. The summed E-state index contributed by atoms with van der Waals surface area (Å²) in [5, 5.41) is 4.35. The van der Waals surface area contributed by atoms with Crippen molar-refractivity contribution in [1.82, 2.24) is 5.32 Å². The average molecular weight is 263 g/mol. The molecule has 1 nitrogen and oxygen atoms in total. The van der Waals surface area contributed by atoms with Crippen LogP contribution in [0.15, 0.2) is 23.1 Å². The van der Waals surface area contributed by atoms with E-state index in [0.717, 1.165) is 18.3 Å². The van der Waals surface area contributed by atoms with E-state index in [1.54, 1.807) is 0 Å². The first-order valence-corrected chi connectivity index (χ1v) is 8.14. The van der Waals surface area contributed by atoms with Gasteiger partial charge in [-0.2, -0.15) is 0 Å². The van der Waals surface area contributed by atoms with Crippen molar-refractivity contribution in [3.05, 3.63) is 29.3 Å². The molecule has 2 heteroatoms. The number of nitrogens with one attached hydrogen (secondary N) is 1. The third-order valence-corrected chi connectivity index (χ3v) is 4.99. The van der Waals surface area contributed by atoms with Crippen molar-refractivity contribution in [2.45, 2.75) is 62.6 Å². The van der Waals surface area contributed by atoms with E-state index < -0.39 is 0 Å². The molecule has 0 unspecified atom stereocenters. The summed E-state index contributed by atoms with van der Waals surface area (Å²) in [6.07, 6.45) is 6.87. The van der Waals surface area contributed by atoms with Gasteiger partial charge in [0.1, 0.15) is 0 Å². The Labute approximate surface area is 116 Å². The minimum absolute atomic E-state index is 0.869. The Morgan fingerprint density at radius 1 is 1.28 bits per heavy atom. The van der Waals surface area contributed by atoms with Crippen LogP contribution in [-0.2, 0) is 6.54 Å². The highest BCUT2D eigenvalue weighted by molar-refractivity contribution is 8.00. The Hall–Kier alpha value is -0.470. The molecule has 1 aliphatic rings. The summed E-state index contributed by atoms with van der Waals surface area (Å²) in [5.41, 5.74) is 2.88. The van der Waals surface area contributed by atoms with Gasteiger partial charge in [0.2, 0.25) is 0 Å². The summed E-state index contributed by atoms with van der Waals surface area (Å²) >= 11 is 2.08. The highest BCUT2D eigenvalue weighted by Gasteiger charge is 2.16. The zero-order valence-electron chi connectivity index (χ0n) is 11.7. The number of rotatable bonds is 6. The summed E-state index contributed by atoms with van der Waals surface area (Å²) in [6, 6.07) is 6.97. The number of hydrogen-bond donors (Lipinski definition) is 1. The van der Waals surface area contributed by atoms with Gasteiger partial charge >= 0.3 is 0 Å². The topological polar surface area (TPSA) is 12.0 Å². The standard InChI is InChI=1S/C16H25NS/c1-3-10-17-12-14-8-9-16(11-13(14)2)18-15-6-4-5-7-15/h8-9,11,15,17H,3-7,10,12H2,1-2H3. The molecule has 0 heterocycles. The lowest BCUT2D eigenvalue weighted by atomic mass is 10.1. The van der Waals surface area contributed by atoms with Gasteiger partial charge in [-0.05, 0) is 56.0 Å². The van der Waals surface area contributed by atoms with Crippen molar-refractivity contribution in [3.8, 4) is 0 Å². The number of benzene rings is 1. The average Bonchev–Trinajstić information content (AvgIpc) is 2.85. The molecule has 1 aromatic carbocycles. The fraction of sp³-hybridized carbons (Fsp3) is 0.625. The quantitative estimate of drug-likeness (QED) is 0.757. The van der Waals surface area contributed by atoms with Crippen LogP contribution in [0.3, 0.4) is 0 Å². The van der Waals surface area contributed by atoms with E-state index in [2.05, 4.69) is 49.1 Å². The van der Waals surface area contributed by atoms with Gasteiger partial charge in [-0.15, -0.1) is 11.8 Å². The lowest BCUT2D eigenvalue weighted by Gasteiger charge is -2.12. The lowest BCUT2D eigenvalue weighted by molar-refractivity contribution is 0.673. The van der Waals surface area contributed by atoms with Crippen molar-refractivity contribution in [1.29, 1.82) is 0 Å². The molecule has 2 rings (SSSR count). The van der Waals surface area contributed by atoms with Crippen LogP contribution in [-0.4, -0.2) is 11.8 Å². The van der Waals surface area contributed by atoms with Crippen molar-refractivity contribution >= 4 is 11.8 Å². The van der Waals surface area contributed by atoms with Gasteiger partial charge in [-0.1, -0.05) is 25.8 Å². The Morgan fingerprint density at radius 2 is 2.06 bits per heavy atom. The first kappa shape index (κ1) is 14.0. The van der Waals surface area contributed by atoms with Crippen LogP contribution in [0.4, 0.5) is 0 Å². The van der Waals surface area contributed by atoms with Gasteiger partial charge in [-0.3, -0.25) is 0 Å². The van der Waals surface area contributed by atoms with Crippen LogP contribution < -0.4 is 5.32 Å². The maximum absolute atomic E-state index is 3.48. The maximum atomic E-state index is 3.48. The molecule has 1 aliphatic carbocycles. The molecule has 0 saturated heterocycles. The van der Waals surface area contributed by atoms with E-state index in [9.17, 15) is 0 Å². The van der Waals surface area contributed by atoms with E-state index in [4.69, 9.17) is 0 Å². The molecule has 1 saturated carbocycles. The predicted octanol–water partition coefficient (Wildman–Crippen LogP) is 4.53. The van der Waals surface area contributed by atoms with Gasteiger partial charge in [0.15, 0.2) is 0 Å². The molecule has 1 N–H and O–H groups in total. The Bertz CT molecular complexity index is 369. The van der Waals surface area contributed by atoms with Crippen molar-refractivity contribution in [2.75, 3.05) is 6.54 Å². The predicted molar refractivity (Wildman–Crippen MR) is 81.3 cm³/mol. The number of aryl methyl sites for hydroxylation is 1. The second-order valence-corrected chi connectivity index (χ2v) is 6.66. The first-order valence-electron chi connectivity index (χ1n) is 7.26. The minimum atomic E-state index is 0.869. The number of thioether (sulfide) groups is 1. The monoisotopic (exact) mass is 263 g/mol.